The Morgan fingerprint density at radius 1 is 0.861 bits per heavy atom. The summed E-state index contributed by atoms with van der Waals surface area (Å²) >= 11 is 0. The molecule has 1 saturated heterocycles. The van der Waals surface area contributed by atoms with Gasteiger partial charge in [0.05, 0.1) is 11.7 Å². The molecule has 10 heteroatoms. The molecule has 1 atom stereocenters. The van der Waals surface area contributed by atoms with Crippen molar-refractivity contribution in [1.82, 2.24) is 4.90 Å². The van der Waals surface area contributed by atoms with Crippen LogP contribution in [0.3, 0.4) is 0 Å². The van der Waals surface area contributed by atoms with E-state index in [2.05, 4.69) is 5.32 Å². The third-order valence-electron chi connectivity index (χ3n) is 6.54. The Hall–Kier alpha value is -3.08. The maximum Gasteiger partial charge on any atom is 0.403 e. The van der Waals surface area contributed by atoms with Crippen LogP contribution in [0.2, 0.25) is 0 Å². The topological polar surface area (TPSA) is 78.7 Å². The van der Waals surface area contributed by atoms with Crippen LogP contribution in [0, 0.1) is 0 Å². The lowest BCUT2D eigenvalue weighted by Gasteiger charge is -2.39. The number of hydrogen-bond acceptors (Lipinski definition) is 5. The summed E-state index contributed by atoms with van der Waals surface area (Å²) in [7, 11) is -4.04. The second-order valence-corrected chi connectivity index (χ2v) is 10.4. The highest BCUT2D eigenvalue weighted by Gasteiger charge is 2.40. The Kier molecular flexibility index (Phi) is 7.58. The van der Waals surface area contributed by atoms with Crippen molar-refractivity contribution in [3.05, 3.63) is 90.0 Å². The van der Waals surface area contributed by atoms with Crippen LogP contribution in [0.15, 0.2) is 83.8 Å². The highest BCUT2D eigenvalue weighted by molar-refractivity contribution is 7.89. The normalized spacial score (nSPS) is 16.2. The fourth-order valence-electron chi connectivity index (χ4n) is 4.46. The van der Waals surface area contributed by atoms with Gasteiger partial charge < -0.3 is 10.2 Å². The van der Waals surface area contributed by atoms with Gasteiger partial charge in [0.25, 0.3) is 0 Å². The number of primary sulfonamides is 1. The van der Waals surface area contributed by atoms with E-state index in [1.165, 1.54) is 17.9 Å². The lowest BCUT2D eigenvalue weighted by Crippen LogP contribution is -2.53. The SMILES string of the molecule is CC(N1CCN(c2ccc(S(N)(=O)=O)c(NC(c3ccccc3)c3ccccc3)c2)CC1)C(F)(F)F. The number of piperazine rings is 1. The van der Waals surface area contributed by atoms with Crippen molar-refractivity contribution >= 4 is 21.4 Å². The van der Waals surface area contributed by atoms with Crippen molar-refractivity contribution in [2.45, 2.75) is 30.1 Å². The highest BCUT2D eigenvalue weighted by atomic mass is 32.2. The Morgan fingerprint density at radius 3 is 1.86 bits per heavy atom. The first-order chi connectivity index (χ1) is 17.0. The number of alkyl halides is 3. The van der Waals surface area contributed by atoms with Gasteiger partial charge in [-0.15, -0.1) is 0 Å². The molecule has 1 fully saturated rings. The molecule has 0 radical (unpaired) electrons. The zero-order valence-corrected chi connectivity index (χ0v) is 20.6. The first-order valence-electron chi connectivity index (χ1n) is 11.6. The summed E-state index contributed by atoms with van der Waals surface area (Å²) in [6.45, 7) is 2.44. The van der Waals surface area contributed by atoms with Crippen LogP contribution >= 0.6 is 0 Å². The van der Waals surface area contributed by atoms with Gasteiger partial charge >= 0.3 is 6.18 Å². The van der Waals surface area contributed by atoms with Gasteiger partial charge in [-0.2, -0.15) is 13.2 Å². The van der Waals surface area contributed by atoms with E-state index in [0.717, 1.165) is 11.1 Å². The van der Waals surface area contributed by atoms with Gasteiger partial charge in [0.1, 0.15) is 10.9 Å². The van der Waals surface area contributed by atoms with Gasteiger partial charge in [0, 0.05) is 31.9 Å². The summed E-state index contributed by atoms with van der Waals surface area (Å²) in [5, 5.41) is 8.90. The summed E-state index contributed by atoms with van der Waals surface area (Å²) < 4.78 is 64.2. The largest absolute Gasteiger partial charge is 0.403 e. The van der Waals surface area contributed by atoms with E-state index in [-0.39, 0.29) is 24.0 Å². The molecule has 3 aromatic carbocycles. The van der Waals surface area contributed by atoms with Crippen LogP contribution in [-0.4, -0.2) is 51.7 Å². The number of sulfonamides is 1. The van der Waals surface area contributed by atoms with Crippen LogP contribution in [0.5, 0.6) is 0 Å². The summed E-state index contributed by atoms with van der Waals surface area (Å²) in [6, 6.07) is 22.2. The highest BCUT2D eigenvalue weighted by Crippen LogP contribution is 2.33. The van der Waals surface area contributed by atoms with Crippen molar-refractivity contribution in [3.8, 4) is 0 Å². The Labute approximate surface area is 209 Å². The molecule has 3 aromatic rings. The molecule has 4 rings (SSSR count). The molecular formula is C26H29F3N4O2S. The van der Waals surface area contributed by atoms with Gasteiger partial charge in [-0.25, -0.2) is 13.6 Å². The van der Waals surface area contributed by atoms with Crippen LogP contribution in [0.4, 0.5) is 24.5 Å². The number of halogens is 3. The molecule has 0 spiro atoms. The lowest BCUT2D eigenvalue weighted by molar-refractivity contribution is -0.179. The van der Waals surface area contributed by atoms with Crippen LogP contribution in [-0.2, 0) is 10.0 Å². The number of rotatable bonds is 7. The first kappa shape index (κ1) is 26.0. The quantitative estimate of drug-likeness (QED) is 0.478. The number of benzene rings is 3. The van der Waals surface area contributed by atoms with Crippen molar-refractivity contribution in [2.24, 2.45) is 5.14 Å². The van der Waals surface area contributed by atoms with E-state index in [0.29, 0.717) is 24.5 Å². The Morgan fingerprint density at radius 2 is 1.39 bits per heavy atom. The molecule has 1 aliphatic rings. The second-order valence-electron chi connectivity index (χ2n) is 8.86. The van der Waals surface area contributed by atoms with Gasteiger partial charge in [0.2, 0.25) is 10.0 Å². The summed E-state index contributed by atoms with van der Waals surface area (Å²) in [4.78, 5) is 3.32. The minimum Gasteiger partial charge on any atom is -0.373 e. The Bertz CT molecular complexity index is 1220. The van der Waals surface area contributed by atoms with Crippen molar-refractivity contribution in [2.75, 3.05) is 36.4 Å². The predicted molar refractivity (Wildman–Crippen MR) is 135 cm³/mol. The zero-order valence-electron chi connectivity index (χ0n) is 19.8. The van der Waals surface area contributed by atoms with Gasteiger partial charge in [-0.05, 0) is 36.2 Å². The molecule has 1 heterocycles. The summed E-state index contributed by atoms with van der Waals surface area (Å²) in [6.07, 6.45) is -4.28. The number of hydrogen-bond donors (Lipinski definition) is 2. The monoisotopic (exact) mass is 518 g/mol. The third kappa shape index (κ3) is 6.00. The van der Waals surface area contributed by atoms with Gasteiger partial charge in [0.15, 0.2) is 0 Å². The number of nitrogens with one attached hydrogen (secondary N) is 1. The molecule has 3 N–H and O–H groups in total. The molecule has 0 aliphatic carbocycles. The molecule has 6 nitrogen and oxygen atoms in total. The van der Waals surface area contributed by atoms with Crippen molar-refractivity contribution in [3.63, 3.8) is 0 Å². The number of nitrogens with two attached hydrogens (primary N) is 1. The minimum absolute atomic E-state index is 0.0487. The Balaban J connectivity index is 1.65. The molecule has 0 amide bonds. The minimum atomic E-state index is -4.28. The van der Waals surface area contributed by atoms with E-state index < -0.39 is 22.2 Å². The smallest absolute Gasteiger partial charge is 0.373 e. The molecular weight excluding hydrogens is 489 g/mol. The summed E-state index contributed by atoms with van der Waals surface area (Å²) in [5.41, 5.74) is 2.91. The fraction of sp³-hybridized carbons (Fsp3) is 0.308. The molecule has 0 aromatic heterocycles. The van der Waals surface area contributed by atoms with E-state index in [9.17, 15) is 21.6 Å². The summed E-state index contributed by atoms with van der Waals surface area (Å²) in [5.74, 6) is 0. The number of nitrogens with zero attached hydrogens (tertiary/aromatic N) is 2. The van der Waals surface area contributed by atoms with Gasteiger partial charge in [-0.1, -0.05) is 60.7 Å². The van der Waals surface area contributed by atoms with Crippen molar-refractivity contribution < 1.29 is 21.6 Å². The predicted octanol–water partition coefficient (Wildman–Crippen LogP) is 4.61. The van der Waals surface area contributed by atoms with E-state index >= 15 is 0 Å². The van der Waals surface area contributed by atoms with Gasteiger partial charge in [-0.3, -0.25) is 4.90 Å². The molecule has 0 bridgehead atoms. The lowest BCUT2D eigenvalue weighted by atomic mass is 9.98. The van der Waals surface area contributed by atoms with E-state index in [4.69, 9.17) is 5.14 Å². The number of anilines is 2. The molecule has 1 aliphatic heterocycles. The zero-order chi connectivity index (χ0) is 25.9. The van der Waals surface area contributed by atoms with Crippen LogP contribution < -0.4 is 15.4 Å². The molecule has 1 unspecified atom stereocenters. The average Bonchev–Trinajstić information content (AvgIpc) is 2.86. The van der Waals surface area contributed by atoms with E-state index in [1.54, 1.807) is 12.1 Å². The maximum atomic E-state index is 13.1. The van der Waals surface area contributed by atoms with E-state index in [1.807, 2.05) is 65.6 Å². The standard InChI is InChI=1S/C26H29F3N4O2S/c1-19(26(27,28)29)32-14-16-33(17-15-32)22-12-13-24(36(30,34)35)23(18-22)31-25(20-8-4-2-5-9-20)21-10-6-3-7-11-21/h2-13,18-19,25,31H,14-17H2,1H3,(H2,30,34,35). The molecule has 0 saturated carbocycles. The van der Waals surface area contributed by atoms with Crippen LogP contribution in [0.25, 0.3) is 0 Å². The molecule has 36 heavy (non-hydrogen) atoms. The second kappa shape index (κ2) is 10.5. The third-order valence-corrected chi connectivity index (χ3v) is 7.51. The average molecular weight is 519 g/mol. The fourth-order valence-corrected chi connectivity index (χ4v) is 5.14. The van der Waals surface area contributed by atoms with Crippen molar-refractivity contribution in [1.29, 1.82) is 0 Å². The maximum absolute atomic E-state index is 13.1. The van der Waals surface area contributed by atoms with Crippen LogP contribution in [0.1, 0.15) is 24.1 Å². The first-order valence-corrected chi connectivity index (χ1v) is 13.2. The molecule has 192 valence electrons.